The lowest BCUT2D eigenvalue weighted by Crippen LogP contribution is -2.53. The van der Waals surface area contributed by atoms with Gasteiger partial charge in [-0.3, -0.25) is 19.3 Å². The van der Waals surface area contributed by atoms with E-state index in [1.54, 1.807) is 20.8 Å². The summed E-state index contributed by atoms with van der Waals surface area (Å²) in [7, 11) is 0. The third kappa shape index (κ3) is 5.99. The van der Waals surface area contributed by atoms with Crippen LogP contribution in [0.5, 0.6) is 0 Å². The van der Waals surface area contributed by atoms with Gasteiger partial charge in [0.1, 0.15) is 17.7 Å². The standard InChI is InChI=1S/C18H27F3N4O5/c1-17(2,3)30-16(29)25-8-10(18(19,20)21)7-12(25)15(28)24-11(13(22)26)6-9-4-5-23-14(9)27/h9-12H,4-8H2,1-3H3,(H2,22,26)(H,23,27)(H,24,28)/t9-,10+,11?,12-/m0/s1. The van der Waals surface area contributed by atoms with Crippen LogP contribution in [0, 0.1) is 11.8 Å². The number of amides is 4. The Bertz CT molecular complexity index is 707. The molecule has 0 aromatic rings. The first-order chi connectivity index (χ1) is 13.7. The molecular formula is C18H27F3N4O5. The van der Waals surface area contributed by atoms with Crippen molar-refractivity contribution in [3.8, 4) is 0 Å². The summed E-state index contributed by atoms with van der Waals surface area (Å²) in [6, 6.07) is -2.73. The lowest BCUT2D eigenvalue weighted by Gasteiger charge is -2.29. The molecule has 0 radical (unpaired) electrons. The van der Waals surface area contributed by atoms with Gasteiger partial charge in [-0.1, -0.05) is 0 Å². The molecule has 0 aromatic carbocycles. The molecule has 0 saturated carbocycles. The molecule has 170 valence electrons. The van der Waals surface area contributed by atoms with Gasteiger partial charge in [0.15, 0.2) is 0 Å². The highest BCUT2D eigenvalue weighted by Crippen LogP contribution is 2.37. The van der Waals surface area contributed by atoms with Crippen LogP contribution in [0.15, 0.2) is 0 Å². The second kappa shape index (κ2) is 8.68. The molecule has 0 spiro atoms. The number of nitrogens with zero attached hydrogens (tertiary/aromatic N) is 1. The zero-order valence-corrected chi connectivity index (χ0v) is 17.0. The SMILES string of the molecule is CC(C)(C)OC(=O)N1C[C@H](C(F)(F)F)C[C@H]1C(=O)NC(C[C@@H]1CCNC1=O)C(N)=O. The number of nitrogens with two attached hydrogens (primary N) is 1. The number of carbonyl (C=O) groups is 4. The first-order valence-corrected chi connectivity index (χ1v) is 9.62. The number of alkyl halides is 3. The number of rotatable bonds is 5. The zero-order chi connectivity index (χ0) is 22.9. The molecular weight excluding hydrogens is 409 g/mol. The molecule has 2 heterocycles. The van der Waals surface area contributed by atoms with Crippen LogP contribution in [0.1, 0.15) is 40.0 Å². The van der Waals surface area contributed by atoms with Gasteiger partial charge < -0.3 is 21.1 Å². The summed E-state index contributed by atoms with van der Waals surface area (Å²) >= 11 is 0. The van der Waals surface area contributed by atoms with E-state index in [1.165, 1.54) is 0 Å². The minimum atomic E-state index is -4.61. The molecule has 4 amide bonds. The average molecular weight is 436 g/mol. The maximum absolute atomic E-state index is 13.2. The van der Waals surface area contributed by atoms with Crippen molar-refractivity contribution in [3.63, 3.8) is 0 Å². The Kier molecular flexibility index (Phi) is 6.87. The third-order valence-corrected chi connectivity index (χ3v) is 5.04. The van der Waals surface area contributed by atoms with E-state index in [4.69, 9.17) is 10.5 Å². The van der Waals surface area contributed by atoms with Gasteiger partial charge in [0.25, 0.3) is 0 Å². The number of hydrogen-bond acceptors (Lipinski definition) is 5. The Morgan fingerprint density at radius 3 is 2.40 bits per heavy atom. The third-order valence-electron chi connectivity index (χ3n) is 5.04. The van der Waals surface area contributed by atoms with Crippen LogP contribution in [0.3, 0.4) is 0 Å². The van der Waals surface area contributed by atoms with Gasteiger partial charge >= 0.3 is 12.3 Å². The van der Waals surface area contributed by atoms with Crippen molar-refractivity contribution >= 4 is 23.8 Å². The fraction of sp³-hybridized carbons (Fsp3) is 0.778. The molecule has 2 saturated heterocycles. The van der Waals surface area contributed by atoms with Gasteiger partial charge in [-0.05, 0) is 40.0 Å². The van der Waals surface area contributed by atoms with Crippen LogP contribution in [0.2, 0.25) is 0 Å². The highest BCUT2D eigenvalue weighted by Gasteiger charge is 2.52. The first-order valence-electron chi connectivity index (χ1n) is 9.62. The van der Waals surface area contributed by atoms with Crippen LogP contribution in [0.25, 0.3) is 0 Å². The van der Waals surface area contributed by atoms with E-state index in [0.29, 0.717) is 13.0 Å². The minimum absolute atomic E-state index is 0.0746. The largest absolute Gasteiger partial charge is 0.444 e. The summed E-state index contributed by atoms with van der Waals surface area (Å²) in [4.78, 5) is 49.3. The number of ether oxygens (including phenoxy) is 1. The van der Waals surface area contributed by atoms with E-state index in [9.17, 15) is 32.3 Å². The van der Waals surface area contributed by atoms with Crippen LogP contribution in [-0.4, -0.2) is 65.7 Å². The van der Waals surface area contributed by atoms with Gasteiger partial charge in [0.2, 0.25) is 17.7 Å². The van der Waals surface area contributed by atoms with Crippen molar-refractivity contribution < 1.29 is 37.1 Å². The van der Waals surface area contributed by atoms with Crippen molar-refractivity contribution in [1.82, 2.24) is 15.5 Å². The topological polar surface area (TPSA) is 131 Å². The lowest BCUT2D eigenvalue weighted by molar-refractivity contribution is -0.170. The molecule has 4 N–H and O–H groups in total. The predicted octanol–water partition coefficient (Wildman–Crippen LogP) is 0.671. The predicted molar refractivity (Wildman–Crippen MR) is 97.7 cm³/mol. The summed E-state index contributed by atoms with van der Waals surface area (Å²) < 4.78 is 44.9. The van der Waals surface area contributed by atoms with Crippen LogP contribution in [0.4, 0.5) is 18.0 Å². The van der Waals surface area contributed by atoms with Crippen molar-refractivity contribution in [1.29, 1.82) is 0 Å². The first kappa shape index (κ1) is 23.7. The zero-order valence-electron chi connectivity index (χ0n) is 17.0. The fourth-order valence-corrected chi connectivity index (χ4v) is 3.51. The molecule has 0 bridgehead atoms. The number of nitrogens with one attached hydrogen (secondary N) is 2. The highest BCUT2D eigenvalue weighted by molar-refractivity contribution is 5.91. The number of carbonyl (C=O) groups excluding carboxylic acids is 4. The van der Waals surface area contributed by atoms with Crippen molar-refractivity contribution in [3.05, 3.63) is 0 Å². The average Bonchev–Trinajstić information content (AvgIpc) is 3.19. The Morgan fingerprint density at radius 1 is 1.30 bits per heavy atom. The number of primary amides is 1. The Morgan fingerprint density at radius 2 is 1.93 bits per heavy atom. The van der Waals surface area contributed by atoms with E-state index < -0.39 is 66.6 Å². The summed E-state index contributed by atoms with van der Waals surface area (Å²) in [5.74, 6) is -4.61. The molecule has 0 aliphatic carbocycles. The Hall–Kier alpha value is -2.53. The molecule has 4 atom stereocenters. The van der Waals surface area contributed by atoms with Crippen LogP contribution < -0.4 is 16.4 Å². The van der Waals surface area contributed by atoms with Crippen molar-refractivity contribution in [2.45, 2.75) is 63.9 Å². The van der Waals surface area contributed by atoms with Crippen LogP contribution >= 0.6 is 0 Å². The molecule has 12 heteroatoms. The number of likely N-dealkylation sites (tertiary alicyclic amines) is 1. The van der Waals surface area contributed by atoms with Gasteiger partial charge in [0.05, 0.1) is 5.92 Å². The highest BCUT2D eigenvalue weighted by atomic mass is 19.4. The maximum atomic E-state index is 13.2. The Labute approximate surface area is 171 Å². The second-order valence-corrected chi connectivity index (χ2v) is 8.60. The van der Waals surface area contributed by atoms with Gasteiger partial charge in [-0.15, -0.1) is 0 Å². The molecule has 2 rings (SSSR count). The quantitative estimate of drug-likeness (QED) is 0.583. The molecule has 30 heavy (non-hydrogen) atoms. The van der Waals surface area contributed by atoms with E-state index in [-0.39, 0.29) is 12.3 Å². The van der Waals surface area contributed by atoms with Gasteiger partial charge in [0, 0.05) is 19.0 Å². The summed E-state index contributed by atoms with van der Waals surface area (Å²) in [5.41, 5.74) is 4.34. The molecule has 1 unspecified atom stereocenters. The molecule has 0 aromatic heterocycles. The molecule has 2 aliphatic heterocycles. The second-order valence-electron chi connectivity index (χ2n) is 8.60. The van der Waals surface area contributed by atoms with E-state index in [1.807, 2.05) is 0 Å². The number of hydrogen-bond donors (Lipinski definition) is 3. The summed E-state index contributed by atoms with van der Waals surface area (Å²) in [6.07, 6.45) is -5.96. The molecule has 9 nitrogen and oxygen atoms in total. The monoisotopic (exact) mass is 436 g/mol. The lowest BCUT2D eigenvalue weighted by atomic mass is 9.97. The summed E-state index contributed by atoms with van der Waals surface area (Å²) in [6.45, 7) is 4.33. The smallest absolute Gasteiger partial charge is 0.410 e. The van der Waals surface area contributed by atoms with E-state index >= 15 is 0 Å². The fourth-order valence-electron chi connectivity index (χ4n) is 3.51. The number of halogens is 3. The van der Waals surface area contributed by atoms with Crippen LogP contribution in [-0.2, 0) is 19.1 Å². The minimum Gasteiger partial charge on any atom is -0.444 e. The van der Waals surface area contributed by atoms with E-state index in [0.717, 1.165) is 4.90 Å². The van der Waals surface area contributed by atoms with E-state index in [2.05, 4.69) is 10.6 Å². The maximum Gasteiger partial charge on any atom is 0.410 e. The van der Waals surface area contributed by atoms with Crippen molar-refractivity contribution in [2.75, 3.05) is 13.1 Å². The molecule has 2 fully saturated rings. The van der Waals surface area contributed by atoms with Gasteiger partial charge in [-0.2, -0.15) is 13.2 Å². The van der Waals surface area contributed by atoms with Crippen molar-refractivity contribution in [2.24, 2.45) is 17.6 Å². The summed E-state index contributed by atoms with van der Waals surface area (Å²) in [5, 5.41) is 4.91. The normalized spacial score (nSPS) is 25.6. The molecule has 2 aliphatic rings. The Balaban J connectivity index is 2.16. The van der Waals surface area contributed by atoms with Gasteiger partial charge in [-0.25, -0.2) is 4.79 Å².